The molecule has 124 valence electrons. The van der Waals surface area contributed by atoms with Crippen molar-refractivity contribution in [1.82, 2.24) is 5.32 Å². The van der Waals surface area contributed by atoms with E-state index in [4.69, 9.17) is 15.0 Å². The van der Waals surface area contributed by atoms with Gasteiger partial charge in [-0.1, -0.05) is 31.5 Å². The summed E-state index contributed by atoms with van der Waals surface area (Å²) in [7, 11) is -4.02. The van der Waals surface area contributed by atoms with E-state index in [1.165, 1.54) is 12.1 Å². The van der Waals surface area contributed by atoms with Crippen molar-refractivity contribution in [1.29, 1.82) is 0 Å². The van der Waals surface area contributed by atoms with Gasteiger partial charge in [-0.05, 0) is 25.0 Å². The molecule has 0 saturated carbocycles. The average molecular weight is 330 g/mol. The third-order valence-electron chi connectivity index (χ3n) is 2.84. The van der Waals surface area contributed by atoms with Gasteiger partial charge in [0.15, 0.2) is 6.23 Å². The minimum atomic E-state index is -4.02. The molecule has 1 aromatic carbocycles. The number of hydrogen-bond donors (Lipinski definition) is 3. The maximum Gasteiger partial charge on any atom is 0.294 e. The Bertz CT molecular complexity index is 598. The molecule has 1 amide bonds. The van der Waals surface area contributed by atoms with Gasteiger partial charge < -0.3 is 15.8 Å². The highest BCUT2D eigenvalue weighted by molar-refractivity contribution is 7.85. The first-order valence-corrected chi connectivity index (χ1v) is 8.27. The Balaban J connectivity index is 0.000000220. The summed E-state index contributed by atoms with van der Waals surface area (Å²) in [5, 5.41) is 2.56. The molecule has 22 heavy (non-hydrogen) atoms. The van der Waals surface area contributed by atoms with E-state index in [0.29, 0.717) is 12.5 Å². The van der Waals surface area contributed by atoms with Crippen molar-refractivity contribution >= 4 is 16.0 Å². The Labute approximate surface area is 130 Å². The van der Waals surface area contributed by atoms with Crippen molar-refractivity contribution in [3.8, 4) is 0 Å². The van der Waals surface area contributed by atoms with Crippen LogP contribution in [0.1, 0.15) is 19.4 Å². The average Bonchev–Trinajstić information content (AvgIpc) is 2.43. The number of benzene rings is 1. The first kappa shape index (κ1) is 18.6. The van der Waals surface area contributed by atoms with E-state index in [-0.39, 0.29) is 17.0 Å². The van der Waals surface area contributed by atoms with Gasteiger partial charge in [0.1, 0.15) is 6.04 Å². The molecule has 1 aliphatic rings. The van der Waals surface area contributed by atoms with Gasteiger partial charge in [-0.15, -0.1) is 0 Å². The number of ether oxygens (including phenoxy) is 1. The second-order valence-corrected chi connectivity index (χ2v) is 6.89. The van der Waals surface area contributed by atoms with Crippen LogP contribution in [0, 0.1) is 12.8 Å². The van der Waals surface area contributed by atoms with E-state index < -0.39 is 16.2 Å². The van der Waals surface area contributed by atoms with Gasteiger partial charge in [-0.3, -0.25) is 9.35 Å². The molecule has 7 nitrogen and oxygen atoms in total. The standard InChI is InChI=1S/C7H14N2O2.C7H8O3S/c1-4(2)3-11-7-5(8)6(10)9-7;1-6-2-4-7(5-3-6)11(8,9)10/h4-5,7H,3,8H2,1-2H3,(H,9,10);2-5H,1H3,(H,8,9,10)/t5-,7-;/m1./s1. The molecule has 0 unspecified atom stereocenters. The fraction of sp³-hybridized carbons (Fsp3) is 0.500. The summed E-state index contributed by atoms with van der Waals surface area (Å²) < 4.78 is 34.8. The first-order valence-electron chi connectivity index (χ1n) is 6.83. The third-order valence-corrected chi connectivity index (χ3v) is 3.71. The summed E-state index contributed by atoms with van der Waals surface area (Å²) in [4.78, 5) is 10.5. The molecule has 2 rings (SSSR count). The Morgan fingerprint density at radius 1 is 1.32 bits per heavy atom. The second-order valence-electron chi connectivity index (χ2n) is 5.47. The molecule has 2 atom stereocenters. The van der Waals surface area contributed by atoms with Crippen LogP contribution in [0.5, 0.6) is 0 Å². The summed E-state index contributed by atoms with van der Waals surface area (Å²) in [6.07, 6.45) is -0.259. The molecule has 0 radical (unpaired) electrons. The Hall–Kier alpha value is -1.48. The zero-order valence-corrected chi connectivity index (χ0v) is 13.6. The number of carbonyl (C=O) groups is 1. The summed E-state index contributed by atoms with van der Waals surface area (Å²) in [5.41, 5.74) is 6.37. The van der Waals surface area contributed by atoms with E-state index in [1.807, 2.05) is 20.8 Å². The maximum atomic E-state index is 10.6. The highest BCUT2D eigenvalue weighted by Crippen LogP contribution is 2.08. The summed E-state index contributed by atoms with van der Waals surface area (Å²) >= 11 is 0. The number of nitrogens with one attached hydrogen (secondary N) is 1. The maximum absolute atomic E-state index is 10.6. The fourth-order valence-corrected chi connectivity index (χ4v) is 2.00. The molecule has 8 heteroatoms. The van der Waals surface area contributed by atoms with Crippen LogP contribution < -0.4 is 11.1 Å². The Morgan fingerprint density at radius 3 is 2.23 bits per heavy atom. The molecule has 0 bridgehead atoms. The minimum absolute atomic E-state index is 0.0666. The molecule has 1 fully saturated rings. The van der Waals surface area contributed by atoms with Gasteiger partial charge in [0.25, 0.3) is 10.1 Å². The van der Waals surface area contributed by atoms with Crippen LogP contribution in [0.25, 0.3) is 0 Å². The molecule has 0 aliphatic carbocycles. The topological polar surface area (TPSA) is 119 Å². The lowest BCUT2D eigenvalue weighted by atomic mass is 10.1. The molecule has 1 aromatic rings. The van der Waals surface area contributed by atoms with Crippen LogP contribution >= 0.6 is 0 Å². The van der Waals surface area contributed by atoms with Crippen LogP contribution in [0.15, 0.2) is 29.2 Å². The lowest BCUT2D eigenvalue weighted by Crippen LogP contribution is -2.67. The third kappa shape index (κ3) is 5.72. The smallest absolute Gasteiger partial charge is 0.294 e. The van der Waals surface area contributed by atoms with E-state index in [9.17, 15) is 13.2 Å². The lowest BCUT2D eigenvalue weighted by molar-refractivity contribution is -0.145. The van der Waals surface area contributed by atoms with Crippen molar-refractivity contribution in [2.75, 3.05) is 6.61 Å². The van der Waals surface area contributed by atoms with Crippen molar-refractivity contribution < 1.29 is 22.5 Å². The number of aryl methyl sites for hydroxylation is 1. The van der Waals surface area contributed by atoms with Gasteiger partial charge in [0.05, 0.1) is 11.5 Å². The molecule has 1 saturated heterocycles. The molecular weight excluding hydrogens is 308 g/mol. The molecule has 0 spiro atoms. The van der Waals surface area contributed by atoms with Crippen LogP contribution in [0.2, 0.25) is 0 Å². The van der Waals surface area contributed by atoms with E-state index in [2.05, 4.69) is 5.32 Å². The Morgan fingerprint density at radius 2 is 1.86 bits per heavy atom. The molecular formula is C14H22N2O5S. The van der Waals surface area contributed by atoms with Crippen molar-refractivity contribution in [3.63, 3.8) is 0 Å². The van der Waals surface area contributed by atoms with Gasteiger partial charge in [0, 0.05) is 0 Å². The predicted octanol–water partition coefficient (Wildman–Crippen LogP) is 0.684. The zero-order valence-electron chi connectivity index (χ0n) is 12.8. The van der Waals surface area contributed by atoms with Gasteiger partial charge in [-0.2, -0.15) is 8.42 Å². The fourth-order valence-electron chi connectivity index (χ4n) is 1.52. The Kier molecular flexibility index (Phi) is 6.48. The van der Waals surface area contributed by atoms with Gasteiger partial charge >= 0.3 is 0 Å². The number of rotatable bonds is 4. The van der Waals surface area contributed by atoms with Crippen LogP contribution in [-0.2, 0) is 19.6 Å². The largest absolute Gasteiger partial charge is 0.356 e. The van der Waals surface area contributed by atoms with Crippen molar-refractivity contribution in [2.45, 2.75) is 37.9 Å². The van der Waals surface area contributed by atoms with Crippen LogP contribution in [-0.4, -0.2) is 37.8 Å². The lowest BCUT2D eigenvalue weighted by Gasteiger charge is -2.33. The van der Waals surface area contributed by atoms with Crippen LogP contribution in [0.3, 0.4) is 0 Å². The summed E-state index contributed by atoms with van der Waals surface area (Å²) in [6, 6.07) is 5.52. The van der Waals surface area contributed by atoms with Crippen LogP contribution in [0.4, 0.5) is 0 Å². The van der Waals surface area contributed by atoms with Gasteiger partial charge in [-0.25, -0.2) is 0 Å². The van der Waals surface area contributed by atoms with Crippen molar-refractivity contribution in [2.24, 2.45) is 11.7 Å². The summed E-state index contributed by atoms with van der Waals surface area (Å²) in [5.74, 6) is 0.346. The summed E-state index contributed by atoms with van der Waals surface area (Å²) in [6.45, 7) is 6.57. The molecule has 0 aromatic heterocycles. The minimum Gasteiger partial charge on any atom is -0.356 e. The normalized spacial score (nSPS) is 20.7. The highest BCUT2D eigenvalue weighted by Gasteiger charge is 2.36. The van der Waals surface area contributed by atoms with E-state index >= 15 is 0 Å². The van der Waals surface area contributed by atoms with E-state index in [0.717, 1.165) is 5.56 Å². The zero-order chi connectivity index (χ0) is 16.9. The van der Waals surface area contributed by atoms with Gasteiger partial charge in [0.2, 0.25) is 5.91 Å². The second kappa shape index (κ2) is 7.68. The van der Waals surface area contributed by atoms with E-state index in [1.54, 1.807) is 12.1 Å². The quantitative estimate of drug-likeness (QED) is 0.552. The number of β-lactam (4-membered cyclic amide) rings is 1. The van der Waals surface area contributed by atoms with Crippen molar-refractivity contribution in [3.05, 3.63) is 29.8 Å². The number of nitrogens with two attached hydrogens (primary N) is 1. The molecule has 1 aliphatic heterocycles. The SMILES string of the molecule is CC(C)CO[C@H]1NC(=O)[C@H]1N.Cc1ccc(S(=O)(=O)O)cc1. The molecule has 4 N–H and O–H groups in total. The number of carbonyl (C=O) groups excluding carboxylic acids is 1. The number of amides is 1. The first-order chi connectivity index (χ1) is 10.1. The molecule has 1 heterocycles. The number of hydrogen-bond acceptors (Lipinski definition) is 5. The highest BCUT2D eigenvalue weighted by atomic mass is 32.2. The monoisotopic (exact) mass is 330 g/mol. The predicted molar refractivity (Wildman–Crippen MR) is 81.7 cm³/mol.